The number of rotatable bonds is 3. The zero-order valence-corrected chi connectivity index (χ0v) is 8.32. The molecule has 0 aliphatic heterocycles. The summed E-state index contributed by atoms with van der Waals surface area (Å²) in [6, 6.07) is 1.76. The van der Waals surface area contributed by atoms with E-state index in [9.17, 15) is 0 Å². The third kappa shape index (κ3) is 2.50. The molecule has 0 aliphatic carbocycles. The summed E-state index contributed by atoms with van der Waals surface area (Å²) >= 11 is 0. The first-order valence-electron chi connectivity index (χ1n) is 4.51. The van der Waals surface area contributed by atoms with Crippen molar-refractivity contribution in [2.75, 3.05) is 0 Å². The molecule has 2 N–H and O–H groups in total. The zero-order chi connectivity index (χ0) is 11.2. The Bertz CT molecular complexity index is 489. The van der Waals surface area contributed by atoms with Crippen molar-refractivity contribution in [2.24, 2.45) is 15.9 Å². The van der Waals surface area contributed by atoms with Crippen LogP contribution >= 0.6 is 0 Å². The van der Waals surface area contributed by atoms with Crippen molar-refractivity contribution >= 4 is 12.1 Å². The van der Waals surface area contributed by atoms with Gasteiger partial charge in [0, 0.05) is 18.0 Å². The molecule has 0 aromatic carbocycles. The Hall–Kier alpha value is -2.50. The summed E-state index contributed by atoms with van der Waals surface area (Å²) in [6.45, 7) is 0. The second-order valence-electron chi connectivity index (χ2n) is 2.88. The Morgan fingerprint density at radius 1 is 1.44 bits per heavy atom. The molecule has 0 bridgehead atoms. The lowest BCUT2D eigenvalue weighted by atomic mass is 10.4. The van der Waals surface area contributed by atoms with E-state index in [0.29, 0.717) is 5.69 Å². The van der Waals surface area contributed by atoms with E-state index in [0.717, 1.165) is 5.56 Å². The van der Waals surface area contributed by atoms with Gasteiger partial charge in [0.25, 0.3) is 0 Å². The Balaban J connectivity index is 2.08. The molecular formula is C10H9N5O. The Morgan fingerprint density at radius 2 is 2.38 bits per heavy atom. The highest BCUT2D eigenvalue weighted by molar-refractivity contribution is 5.95. The molecule has 0 saturated carbocycles. The number of amidine groups is 1. The summed E-state index contributed by atoms with van der Waals surface area (Å²) in [5.74, 6) is 0.216. The normalized spacial score (nSPS) is 12.1. The highest BCUT2D eigenvalue weighted by Crippen LogP contribution is 1.96. The van der Waals surface area contributed by atoms with E-state index in [4.69, 9.17) is 10.2 Å². The van der Waals surface area contributed by atoms with Crippen LogP contribution in [0.3, 0.4) is 0 Å². The van der Waals surface area contributed by atoms with Crippen LogP contribution in [0.25, 0.3) is 0 Å². The lowest BCUT2D eigenvalue weighted by Crippen LogP contribution is -2.14. The van der Waals surface area contributed by atoms with Crippen LogP contribution in [0.2, 0.25) is 0 Å². The molecule has 16 heavy (non-hydrogen) atoms. The smallest absolute Gasteiger partial charge is 0.173 e. The maximum Gasteiger partial charge on any atom is 0.173 e. The van der Waals surface area contributed by atoms with E-state index < -0.39 is 0 Å². The quantitative estimate of drug-likeness (QED) is 0.466. The SMILES string of the molecule is N/C(=N\N=C\c1ccoc1)c1cnccn1. The number of furan rings is 1. The summed E-state index contributed by atoms with van der Waals surface area (Å²) in [5, 5.41) is 7.59. The summed E-state index contributed by atoms with van der Waals surface area (Å²) in [6.07, 6.45) is 9.26. The van der Waals surface area contributed by atoms with Gasteiger partial charge in [0.2, 0.25) is 0 Å². The molecular weight excluding hydrogens is 206 g/mol. The Morgan fingerprint density at radius 3 is 3.06 bits per heavy atom. The van der Waals surface area contributed by atoms with Crippen LogP contribution in [0, 0.1) is 0 Å². The molecule has 6 nitrogen and oxygen atoms in total. The minimum Gasteiger partial charge on any atom is -0.472 e. The first-order valence-corrected chi connectivity index (χ1v) is 4.51. The first kappa shape index (κ1) is 10.0. The fraction of sp³-hybridized carbons (Fsp3) is 0. The summed E-state index contributed by atoms with van der Waals surface area (Å²) in [5.41, 5.74) is 6.95. The van der Waals surface area contributed by atoms with Crippen molar-refractivity contribution in [1.82, 2.24) is 9.97 Å². The van der Waals surface area contributed by atoms with Crippen LogP contribution in [0.1, 0.15) is 11.3 Å². The highest BCUT2D eigenvalue weighted by Gasteiger charge is 1.97. The fourth-order valence-corrected chi connectivity index (χ4v) is 0.989. The van der Waals surface area contributed by atoms with Gasteiger partial charge in [0.15, 0.2) is 5.84 Å². The van der Waals surface area contributed by atoms with Gasteiger partial charge in [0.05, 0.1) is 24.9 Å². The van der Waals surface area contributed by atoms with Gasteiger partial charge in [0.1, 0.15) is 5.69 Å². The third-order valence-corrected chi connectivity index (χ3v) is 1.74. The maximum absolute atomic E-state index is 5.64. The van der Waals surface area contributed by atoms with Crippen LogP contribution in [0.4, 0.5) is 0 Å². The number of aromatic nitrogens is 2. The van der Waals surface area contributed by atoms with Crippen molar-refractivity contribution < 1.29 is 4.42 Å². The van der Waals surface area contributed by atoms with Gasteiger partial charge in [-0.05, 0) is 6.07 Å². The van der Waals surface area contributed by atoms with E-state index in [-0.39, 0.29) is 5.84 Å². The van der Waals surface area contributed by atoms with Crippen molar-refractivity contribution in [3.63, 3.8) is 0 Å². The van der Waals surface area contributed by atoms with Crippen LogP contribution in [-0.2, 0) is 0 Å². The number of nitrogens with zero attached hydrogens (tertiary/aromatic N) is 4. The molecule has 0 saturated heterocycles. The van der Waals surface area contributed by atoms with Gasteiger partial charge < -0.3 is 10.2 Å². The summed E-state index contributed by atoms with van der Waals surface area (Å²) in [7, 11) is 0. The lowest BCUT2D eigenvalue weighted by molar-refractivity contribution is 0.567. The maximum atomic E-state index is 5.64. The molecule has 0 unspecified atom stereocenters. The molecule has 0 amide bonds. The summed E-state index contributed by atoms with van der Waals surface area (Å²) < 4.78 is 4.86. The van der Waals surface area contributed by atoms with E-state index in [1.165, 1.54) is 18.6 Å². The predicted octanol–water partition coefficient (Wildman–Crippen LogP) is 0.809. The highest BCUT2D eigenvalue weighted by atomic mass is 16.3. The molecule has 2 heterocycles. The predicted molar refractivity (Wildman–Crippen MR) is 59.1 cm³/mol. The zero-order valence-electron chi connectivity index (χ0n) is 8.32. The average molecular weight is 215 g/mol. The van der Waals surface area contributed by atoms with Crippen molar-refractivity contribution in [3.05, 3.63) is 48.4 Å². The monoisotopic (exact) mass is 215 g/mol. The average Bonchev–Trinajstić information content (AvgIpc) is 2.83. The number of hydrogen-bond acceptors (Lipinski definition) is 5. The molecule has 0 atom stereocenters. The van der Waals surface area contributed by atoms with Crippen LogP contribution < -0.4 is 5.73 Å². The molecule has 0 fully saturated rings. The number of hydrogen-bond donors (Lipinski definition) is 1. The van der Waals surface area contributed by atoms with E-state index >= 15 is 0 Å². The molecule has 2 aromatic rings. The Kier molecular flexibility index (Phi) is 3.03. The number of nitrogens with two attached hydrogens (primary N) is 1. The fourth-order valence-electron chi connectivity index (χ4n) is 0.989. The van der Waals surface area contributed by atoms with E-state index in [1.807, 2.05) is 0 Å². The lowest BCUT2D eigenvalue weighted by Gasteiger charge is -1.94. The molecule has 0 aliphatic rings. The van der Waals surface area contributed by atoms with Crippen molar-refractivity contribution in [3.8, 4) is 0 Å². The topological polar surface area (TPSA) is 89.7 Å². The van der Waals surface area contributed by atoms with Gasteiger partial charge in [-0.25, -0.2) is 4.98 Å². The summed E-state index contributed by atoms with van der Waals surface area (Å²) in [4.78, 5) is 7.86. The van der Waals surface area contributed by atoms with Crippen LogP contribution in [-0.4, -0.2) is 22.0 Å². The van der Waals surface area contributed by atoms with Crippen LogP contribution in [0.15, 0.2) is 51.8 Å². The largest absolute Gasteiger partial charge is 0.472 e. The second-order valence-corrected chi connectivity index (χ2v) is 2.88. The van der Waals surface area contributed by atoms with Gasteiger partial charge >= 0.3 is 0 Å². The van der Waals surface area contributed by atoms with E-state index in [1.54, 1.807) is 24.8 Å². The minimum absolute atomic E-state index is 0.216. The minimum atomic E-state index is 0.216. The van der Waals surface area contributed by atoms with Gasteiger partial charge in [-0.15, -0.1) is 5.10 Å². The molecule has 6 heteroatoms. The molecule has 0 spiro atoms. The molecule has 0 radical (unpaired) electrons. The molecule has 80 valence electrons. The second kappa shape index (κ2) is 4.83. The van der Waals surface area contributed by atoms with Crippen molar-refractivity contribution in [2.45, 2.75) is 0 Å². The molecule has 2 rings (SSSR count). The van der Waals surface area contributed by atoms with Crippen molar-refractivity contribution in [1.29, 1.82) is 0 Å². The van der Waals surface area contributed by atoms with Crippen LogP contribution in [0.5, 0.6) is 0 Å². The van der Waals surface area contributed by atoms with E-state index in [2.05, 4.69) is 20.2 Å². The standard InChI is InChI=1S/C10H9N5O/c11-10(9-6-12-2-3-13-9)15-14-5-8-1-4-16-7-8/h1-7H,(H2,11,15)/b14-5+. The first-order chi connectivity index (χ1) is 7.86. The van der Waals surface area contributed by atoms with Gasteiger partial charge in [-0.2, -0.15) is 5.10 Å². The Labute approximate surface area is 91.6 Å². The van der Waals surface area contributed by atoms with Gasteiger partial charge in [-0.1, -0.05) is 0 Å². The van der Waals surface area contributed by atoms with Gasteiger partial charge in [-0.3, -0.25) is 4.98 Å². The molecule has 2 aromatic heterocycles. The third-order valence-electron chi connectivity index (χ3n) is 1.74.